The number of fused-ring (bicyclic) bond motifs is 1. The highest BCUT2D eigenvalue weighted by Gasteiger charge is 2.26. The lowest BCUT2D eigenvalue weighted by Gasteiger charge is -2.13. The first-order valence-electron chi connectivity index (χ1n) is 8.39. The number of hydrogen-bond acceptors (Lipinski definition) is 6. The highest BCUT2D eigenvalue weighted by molar-refractivity contribution is 7.17. The van der Waals surface area contributed by atoms with E-state index in [-0.39, 0.29) is 24.5 Å². The minimum absolute atomic E-state index is 0.113. The van der Waals surface area contributed by atoms with Gasteiger partial charge < -0.3 is 15.4 Å². The Labute approximate surface area is 155 Å². The number of aryl methyl sites for hydroxylation is 1. The lowest BCUT2D eigenvalue weighted by Crippen LogP contribution is -2.30. The fourth-order valence-corrected chi connectivity index (χ4v) is 5.08. The average Bonchev–Trinajstić information content (AvgIpc) is 3.26. The number of ether oxygens (including phenoxy) is 1. The molecular weight excluding hydrogens is 356 g/mol. The molecule has 0 fully saturated rings. The van der Waals surface area contributed by atoms with Crippen LogP contribution in [0.2, 0.25) is 0 Å². The summed E-state index contributed by atoms with van der Waals surface area (Å²) in [5.41, 5.74) is 1.60. The van der Waals surface area contributed by atoms with Crippen LogP contribution in [0.1, 0.15) is 51.5 Å². The van der Waals surface area contributed by atoms with Crippen molar-refractivity contribution in [3.8, 4) is 0 Å². The molecule has 2 heterocycles. The van der Waals surface area contributed by atoms with Crippen molar-refractivity contribution in [3.05, 3.63) is 38.4 Å². The first kappa shape index (κ1) is 18.1. The highest BCUT2D eigenvalue weighted by Crippen LogP contribution is 2.38. The largest absolute Gasteiger partial charge is 0.465 e. The molecule has 0 radical (unpaired) electrons. The molecular formula is C18H22N2O3S2. The Morgan fingerprint density at radius 2 is 2.12 bits per heavy atom. The number of esters is 1. The van der Waals surface area contributed by atoms with Crippen LogP contribution in [0.5, 0.6) is 0 Å². The molecule has 3 rings (SSSR count). The molecule has 1 unspecified atom stereocenters. The number of nitrogens with one attached hydrogen (secondary N) is 2. The number of thiophene rings is 2. The van der Waals surface area contributed by atoms with Crippen LogP contribution in [0.4, 0.5) is 5.00 Å². The molecule has 25 heavy (non-hydrogen) atoms. The summed E-state index contributed by atoms with van der Waals surface area (Å²) in [6.45, 7) is 2.23. The topological polar surface area (TPSA) is 67.4 Å². The zero-order valence-electron chi connectivity index (χ0n) is 14.4. The Hall–Kier alpha value is -1.70. The van der Waals surface area contributed by atoms with Gasteiger partial charge in [-0.2, -0.15) is 0 Å². The molecule has 1 aliphatic rings. The predicted octanol–water partition coefficient (Wildman–Crippen LogP) is 3.76. The molecule has 1 amide bonds. The van der Waals surface area contributed by atoms with Crippen molar-refractivity contribution < 1.29 is 14.3 Å². The van der Waals surface area contributed by atoms with E-state index >= 15 is 0 Å². The van der Waals surface area contributed by atoms with Crippen molar-refractivity contribution in [2.75, 3.05) is 19.0 Å². The first-order valence-corrected chi connectivity index (χ1v) is 10.1. The SMILES string of the molecule is COC(=O)c1c(NC(=O)CNC(C)c2cccs2)sc2c1CCCC2. The van der Waals surface area contributed by atoms with Crippen molar-refractivity contribution in [3.63, 3.8) is 0 Å². The standard InChI is InChI=1S/C18H22N2O3S2/c1-11(13-8-5-9-24-13)19-10-15(21)20-17-16(18(22)23-2)12-6-3-4-7-14(12)25-17/h5,8-9,11,19H,3-4,6-7,10H2,1-2H3,(H,20,21). The van der Waals surface area contributed by atoms with Gasteiger partial charge in [-0.05, 0) is 49.6 Å². The fraction of sp³-hybridized carbons (Fsp3) is 0.444. The smallest absolute Gasteiger partial charge is 0.341 e. The second kappa shape index (κ2) is 8.12. The van der Waals surface area contributed by atoms with Crippen LogP contribution in [0.15, 0.2) is 17.5 Å². The van der Waals surface area contributed by atoms with E-state index < -0.39 is 0 Å². The minimum Gasteiger partial charge on any atom is -0.465 e. The summed E-state index contributed by atoms with van der Waals surface area (Å²) in [7, 11) is 1.38. The summed E-state index contributed by atoms with van der Waals surface area (Å²) in [5.74, 6) is -0.512. The third-order valence-corrected chi connectivity index (χ3v) is 6.61. The van der Waals surface area contributed by atoms with Gasteiger partial charge in [-0.25, -0.2) is 4.79 Å². The summed E-state index contributed by atoms with van der Waals surface area (Å²) in [6.07, 6.45) is 4.04. The molecule has 2 aromatic rings. The molecule has 7 heteroatoms. The van der Waals surface area contributed by atoms with E-state index in [0.29, 0.717) is 10.6 Å². The van der Waals surface area contributed by atoms with E-state index in [1.54, 1.807) is 11.3 Å². The molecule has 1 atom stereocenters. The Morgan fingerprint density at radius 1 is 1.32 bits per heavy atom. The van der Waals surface area contributed by atoms with Gasteiger partial charge in [0.25, 0.3) is 0 Å². The lowest BCUT2D eigenvalue weighted by atomic mass is 9.95. The van der Waals surface area contributed by atoms with Gasteiger partial charge >= 0.3 is 5.97 Å². The Morgan fingerprint density at radius 3 is 2.84 bits per heavy atom. The molecule has 1 aliphatic carbocycles. The average molecular weight is 379 g/mol. The van der Waals surface area contributed by atoms with Crippen molar-refractivity contribution in [1.82, 2.24) is 5.32 Å². The van der Waals surface area contributed by atoms with Gasteiger partial charge in [-0.1, -0.05) is 6.07 Å². The minimum atomic E-state index is -0.366. The van der Waals surface area contributed by atoms with E-state index in [1.165, 1.54) is 28.2 Å². The third kappa shape index (κ3) is 4.11. The van der Waals surface area contributed by atoms with Crippen molar-refractivity contribution >= 4 is 39.6 Å². The van der Waals surface area contributed by atoms with Gasteiger partial charge in [0, 0.05) is 15.8 Å². The molecule has 0 aromatic carbocycles. The molecule has 0 saturated heterocycles. The molecule has 2 N–H and O–H groups in total. The molecule has 134 valence electrons. The van der Waals surface area contributed by atoms with Crippen LogP contribution in [0.25, 0.3) is 0 Å². The number of carbonyl (C=O) groups is 2. The molecule has 5 nitrogen and oxygen atoms in total. The maximum absolute atomic E-state index is 12.3. The zero-order chi connectivity index (χ0) is 17.8. The quantitative estimate of drug-likeness (QED) is 0.751. The number of methoxy groups -OCH3 is 1. The van der Waals surface area contributed by atoms with Crippen LogP contribution < -0.4 is 10.6 Å². The maximum Gasteiger partial charge on any atom is 0.341 e. The molecule has 0 spiro atoms. The highest BCUT2D eigenvalue weighted by atomic mass is 32.1. The normalized spacial score (nSPS) is 14.6. The van der Waals surface area contributed by atoms with E-state index in [0.717, 1.165) is 31.2 Å². The van der Waals surface area contributed by atoms with E-state index in [1.807, 2.05) is 24.4 Å². The van der Waals surface area contributed by atoms with Crippen molar-refractivity contribution in [2.45, 2.75) is 38.6 Å². The predicted molar refractivity (Wildman–Crippen MR) is 102 cm³/mol. The number of hydrogen-bond donors (Lipinski definition) is 2. The van der Waals surface area contributed by atoms with Crippen LogP contribution in [0, 0.1) is 0 Å². The Bertz CT molecular complexity index is 753. The monoisotopic (exact) mass is 378 g/mol. The van der Waals surface area contributed by atoms with Crippen molar-refractivity contribution in [1.29, 1.82) is 0 Å². The van der Waals surface area contributed by atoms with Gasteiger partial charge in [0.2, 0.25) is 5.91 Å². The summed E-state index contributed by atoms with van der Waals surface area (Å²) >= 11 is 3.17. The van der Waals surface area contributed by atoms with Crippen LogP contribution >= 0.6 is 22.7 Å². The summed E-state index contributed by atoms with van der Waals surface area (Å²) in [6, 6.07) is 4.15. The lowest BCUT2D eigenvalue weighted by molar-refractivity contribution is -0.115. The Kier molecular flexibility index (Phi) is 5.88. The first-order chi connectivity index (χ1) is 12.1. The van der Waals surface area contributed by atoms with Gasteiger partial charge in [0.15, 0.2) is 0 Å². The molecule has 0 aliphatic heterocycles. The zero-order valence-corrected chi connectivity index (χ0v) is 16.0. The van der Waals surface area contributed by atoms with Gasteiger partial charge in [0.1, 0.15) is 5.00 Å². The third-order valence-electron chi connectivity index (χ3n) is 4.35. The number of carbonyl (C=O) groups excluding carboxylic acids is 2. The van der Waals surface area contributed by atoms with Crippen molar-refractivity contribution in [2.24, 2.45) is 0 Å². The maximum atomic E-state index is 12.3. The molecule has 0 bridgehead atoms. The number of amides is 1. The Balaban J connectivity index is 1.68. The summed E-state index contributed by atoms with van der Waals surface area (Å²) in [4.78, 5) is 26.9. The number of rotatable bonds is 6. The van der Waals surface area contributed by atoms with Crippen LogP contribution in [-0.4, -0.2) is 25.5 Å². The van der Waals surface area contributed by atoms with Crippen LogP contribution in [-0.2, 0) is 22.4 Å². The van der Waals surface area contributed by atoms with Gasteiger partial charge in [-0.15, -0.1) is 22.7 Å². The summed E-state index contributed by atoms with van der Waals surface area (Å²) in [5, 5.41) is 8.76. The van der Waals surface area contributed by atoms with E-state index in [9.17, 15) is 9.59 Å². The second-order valence-electron chi connectivity index (χ2n) is 6.07. The van der Waals surface area contributed by atoms with Crippen LogP contribution in [0.3, 0.4) is 0 Å². The van der Waals surface area contributed by atoms with E-state index in [2.05, 4.69) is 10.6 Å². The molecule has 2 aromatic heterocycles. The van der Waals surface area contributed by atoms with E-state index in [4.69, 9.17) is 4.74 Å². The summed E-state index contributed by atoms with van der Waals surface area (Å²) < 4.78 is 4.93. The second-order valence-corrected chi connectivity index (χ2v) is 8.16. The van der Waals surface area contributed by atoms with Gasteiger partial charge in [-0.3, -0.25) is 4.79 Å². The fourth-order valence-electron chi connectivity index (χ4n) is 3.03. The van der Waals surface area contributed by atoms with Gasteiger partial charge in [0.05, 0.1) is 19.2 Å². The molecule has 0 saturated carbocycles. The number of anilines is 1.